The number of nitrogens with one attached hydrogen (secondary N) is 1. The molecule has 1 aromatic carbocycles. The van der Waals surface area contributed by atoms with E-state index in [1.807, 2.05) is 0 Å². The fraction of sp³-hybridized carbons (Fsp3) is 0.222. The van der Waals surface area contributed by atoms with E-state index in [9.17, 15) is 4.79 Å². The summed E-state index contributed by atoms with van der Waals surface area (Å²) in [5, 5.41) is 2.62. The van der Waals surface area contributed by atoms with Gasteiger partial charge in [0.1, 0.15) is 0 Å². The zero-order valence-corrected chi connectivity index (χ0v) is 7.45. The average molecular weight is 179 g/mol. The van der Waals surface area contributed by atoms with Gasteiger partial charge in [0.15, 0.2) is 0 Å². The highest BCUT2D eigenvalue weighted by Gasteiger charge is 2.08. The maximum atomic E-state index is 11.2. The Hall–Kier alpha value is -1.55. The quantitative estimate of drug-likeness (QED) is 0.580. The maximum absolute atomic E-state index is 11.2. The molecule has 0 aromatic heterocycles. The molecule has 4 heteroatoms. The Morgan fingerprint density at radius 3 is 2.62 bits per heavy atom. The van der Waals surface area contributed by atoms with Crippen LogP contribution in [0.2, 0.25) is 0 Å². The van der Waals surface area contributed by atoms with E-state index in [1.165, 1.54) is 0 Å². The molecule has 1 amide bonds. The third-order valence-corrected chi connectivity index (χ3v) is 1.63. The minimum Gasteiger partial charge on any atom is -0.397 e. The minimum absolute atomic E-state index is 0.238. The van der Waals surface area contributed by atoms with Crippen molar-refractivity contribution in [2.75, 3.05) is 11.1 Å². The SMILES string of the molecule is C[C@@H](N)C(=O)Nc1ccccc1N. The molecular formula is C9H13N3O. The first-order chi connectivity index (χ1) is 6.11. The van der Waals surface area contributed by atoms with Crippen LogP contribution < -0.4 is 16.8 Å². The van der Waals surface area contributed by atoms with Crippen molar-refractivity contribution in [3.05, 3.63) is 24.3 Å². The highest BCUT2D eigenvalue weighted by molar-refractivity contribution is 5.96. The fourth-order valence-corrected chi connectivity index (χ4v) is 0.857. The topological polar surface area (TPSA) is 81.1 Å². The summed E-state index contributed by atoms with van der Waals surface area (Å²) in [5.41, 5.74) is 12.1. The number of rotatable bonds is 2. The molecule has 70 valence electrons. The van der Waals surface area contributed by atoms with E-state index in [0.717, 1.165) is 0 Å². The van der Waals surface area contributed by atoms with Gasteiger partial charge in [0.25, 0.3) is 0 Å². The first kappa shape index (κ1) is 9.54. The second-order valence-corrected chi connectivity index (χ2v) is 2.87. The van der Waals surface area contributed by atoms with Crippen LogP contribution in [0.4, 0.5) is 11.4 Å². The number of anilines is 2. The van der Waals surface area contributed by atoms with Crippen LogP contribution in [0.25, 0.3) is 0 Å². The second kappa shape index (κ2) is 3.91. The van der Waals surface area contributed by atoms with Gasteiger partial charge in [0, 0.05) is 0 Å². The van der Waals surface area contributed by atoms with Gasteiger partial charge in [0.2, 0.25) is 5.91 Å². The summed E-state index contributed by atoms with van der Waals surface area (Å²) in [5.74, 6) is -0.238. The summed E-state index contributed by atoms with van der Waals surface area (Å²) in [6.45, 7) is 1.62. The lowest BCUT2D eigenvalue weighted by Gasteiger charge is -2.09. The molecule has 1 rings (SSSR count). The van der Waals surface area contributed by atoms with E-state index >= 15 is 0 Å². The summed E-state index contributed by atoms with van der Waals surface area (Å²) >= 11 is 0. The van der Waals surface area contributed by atoms with Crippen LogP contribution in [-0.4, -0.2) is 11.9 Å². The normalized spacial score (nSPS) is 12.2. The summed E-state index contributed by atoms with van der Waals surface area (Å²) in [4.78, 5) is 11.2. The first-order valence-corrected chi connectivity index (χ1v) is 4.02. The summed E-state index contributed by atoms with van der Waals surface area (Å²) in [6.07, 6.45) is 0. The number of nitrogen functional groups attached to an aromatic ring is 1. The van der Waals surface area contributed by atoms with Crippen LogP contribution in [0.15, 0.2) is 24.3 Å². The van der Waals surface area contributed by atoms with Crippen molar-refractivity contribution in [3.63, 3.8) is 0 Å². The number of hydrogen-bond acceptors (Lipinski definition) is 3. The van der Waals surface area contributed by atoms with Crippen molar-refractivity contribution >= 4 is 17.3 Å². The van der Waals surface area contributed by atoms with Crippen LogP contribution in [-0.2, 0) is 4.79 Å². The molecule has 0 aliphatic carbocycles. The third-order valence-electron chi connectivity index (χ3n) is 1.63. The van der Waals surface area contributed by atoms with E-state index in [2.05, 4.69) is 5.32 Å². The van der Waals surface area contributed by atoms with Crippen LogP contribution >= 0.6 is 0 Å². The van der Waals surface area contributed by atoms with Gasteiger partial charge in [-0.05, 0) is 19.1 Å². The Bertz CT molecular complexity index is 309. The van der Waals surface area contributed by atoms with Gasteiger partial charge in [-0.15, -0.1) is 0 Å². The maximum Gasteiger partial charge on any atom is 0.241 e. The highest BCUT2D eigenvalue weighted by atomic mass is 16.2. The van der Waals surface area contributed by atoms with Crippen molar-refractivity contribution in [3.8, 4) is 0 Å². The molecule has 1 aromatic rings. The van der Waals surface area contributed by atoms with Crippen molar-refractivity contribution in [2.24, 2.45) is 5.73 Å². The van der Waals surface area contributed by atoms with Gasteiger partial charge in [0.05, 0.1) is 17.4 Å². The van der Waals surface area contributed by atoms with Gasteiger partial charge in [-0.3, -0.25) is 4.79 Å². The average Bonchev–Trinajstić information content (AvgIpc) is 2.08. The number of amides is 1. The molecule has 0 saturated heterocycles. The molecule has 13 heavy (non-hydrogen) atoms. The van der Waals surface area contributed by atoms with Gasteiger partial charge in [-0.1, -0.05) is 12.1 Å². The second-order valence-electron chi connectivity index (χ2n) is 2.87. The smallest absolute Gasteiger partial charge is 0.241 e. The Labute approximate surface area is 76.9 Å². The van der Waals surface area contributed by atoms with Crippen molar-refractivity contribution in [1.82, 2.24) is 0 Å². The van der Waals surface area contributed by atoms with Gasteiger partial charge in [-0.25, -0.2) is 0 Å². The largest absolute Gasteiger partial charge is 0.397 e. The Morgan fingerprint density at radius 2 is 2.08 bits per heavy atom. The Balaban J connectivity index is 2.75. The van der Waals surface area contributed by atoms with Crippen LogP contribution in [0.3, 0.4) is 0 Å². The fourth-order valence-electron chi connectivity index (χ4n) is 0.857. The molecule has 4 nitrogen and oxygen atoms in total. The number of para-hydroxylation sites is 2. The Morgan fingerprint density at radius 1 is 1.46 bits per heavy atom. The zero-order valence-electron chi connectivity index (χ0n) is 7.45. The van der Waals surface area contributed by atoms with E-state index in [0.29, 0.717) is 11.4 Å². The van der Waals surface area contributed by atoms with Gasteiger partial charge >= 0.3 is 0 Å². The van der Waals surface area contributed by atoms with Gasteiger partial charge in [-0.2, -0.15) is 0 Å². The van der Waals surface area contributed by atoms with E-state index in [-0.39, 0.29) is 5.91 Å². The molecule has 0 aliphatic heterocycles. The number of nitrogens with two attached hydrogens (primary N) is 2. The predicted molar refractivity (Wildman–Crippen MR) is 53.1 cm³/mol. The van der Waals surface area contributed by atoms with Crippen molar-refractivity contribution < 1.29 is 4.79 Å². The van der Waals surface area contributed by atoms with Gasteiger partial charge < -0.3 is 16.8 Å². The lowest BCUT2D eigenvalue weighted by Crippen LogP contribution is -2.32. The lowest BCUT2D eigenvalue weighted by atomic mass is 10.2. The molecule has 0 aliphatic rings. The molecule has 5 N–H and O–H groups in total. The summed E-state index contributed by atoms with van der Waals surface area (Å²) < 4.78 is 0. The molecule has 0 unspecified atom stereocenters. The predicted octanol–water partition coefficient (Wildman–Crippen LogP) is 0.554. The summed E-state index contributed by atoms with van der Waals surface area (Å²) in [6, 6.07) is 6.52. The number of carbonyl (C=O) groups is 1. The molecule has 0 bridgehead atoms. The minimum atomic E-state index is -0.528. The van der Waals surface area contributed by atoms with Crippen molar-refractivity contribution in [1.29, 1.82) is 0 Å². The molecule has 0 fully saturated rings. The van der Waals surface area contributed by atoms with E-state index in [4.69, 9.17) is 11.5 Å². The monoisotopic (exact) mass is 179 g/mol. The molecular weight excluding hydrogens is 166 g/mol. The van der Waals surface area contributed by atoms with Crippen LogP contribution in [0.5, 0.6) is 0 Å². The standard InChI is InChI=1S/C9H13N3O/c1-6(10)9(13)12-8-5-3-2-4-7(8)11/h2-6H,10-11H2,1H3,(H,12,13)/t6-/m1/s1. The van der Waals surface area contributed by atoms with E-state index in [1.54, 1.807) is 31.2 Å². The summed E-state index contributed by atoms with van der Waals surface area (Å²) in [7, 11) is 0. The first-order valence-electron chi connectivity index (χ1n) is 4.02. The molecule has 0 heterocycles. The zero-order chi connectivity index (χ0) is 9.84. The van der Waals surface area contributed by atoms with E-state index < -0.39 is 6.04 Å². The third kappa shape index (κ3) is 2.45. The Kier molecular flexibility index (Phi) is 2.87. The number of carbonyl (C=O) groups excluding carboxylic acids is 1. The van der Waals surface area contributed by atoms with Crippen LogP contribution in [0, 0.1) is 0 Å². The van der Waals surface area contributed by atoms with Crippen LogP contribution in [0.1, 0.15) is 6.92 Å². The lowest BCUT2D eigenvalue weighted by molar-refractivity contribution is -0.117. The van der Waals surface area contributed by atoms with Crippen molar-refractivity contribution in [2.45, 2.75) is 13.0 Å². The highest BCUT2D eigenvalue weighted by Crippen LogP contribution is 2.16. The molecule has 0 saturated carbocycles. The number of hydrogen-bond donors (Lipinski definition) is 3. The molecule has 0 spiro atoms. The molecule has 0 radical (unpaired) electrons. The molecule has 1 atom stereocenters. The number of benzene rings is 1.